The van der Waals surface area contributed by atoms with Crippen LogP contribution in [0.4, 0.5) is 0 Å². The smallest absolute Gasteiger partial charge is 0.196 e. The summed E-state index contributed by atoms with van der Waals surface area (Å²) in [5, 5.41) is 3.99. The molecule has 0 saturated carbocycles. The Morgan fingerprint density at radius 1 is 1.37 bits per heavy atom. The van der Waals surface area contributed by atoms with E-state index in [4.69, 9.17) is 16.0 Å². The highest BCUT2D eigenvalue weighted by molar-refractivity contribution is 9.10. The van der Waals surface area contributed by atoms with Crippen LogP contribution in [0.2, 0.25) is 5.02 Å². The van der Waals surface area contributed by atoms with Gasteiger partial charge in [-0.3, -0.25) is 0 Å². The molecule has 1 heterocycles. The third kappa shape index (κ3) is 4.06. The molecule has 102 valence electrons. The molecule has 2 rings (SSSR count). The largest absolute Gasteiger partial charge is 0.441 e. The van der Waals surface area contributed by atoms with Gasteiger partial charge in [0.05, 0.1) is 11.2 Å². The van der Waals surface area contributed by atoms with E-state index in [0.717, 1.165) is 47.6 Å². The van der Waals surface area contributed by atoms with E-state index in [1.54, 1.807) is 6.20 Å². The van der Waals surface area contributed by atoms with Crippen LogP contribution in [-0.2, 0) is 6.42 Å². The molecular weight excluding hydrogens is 328 g/mol. The summed E-state index contributed by atoms with van der Waals surface area (Å²) in [5.41, 5.74) is 0.938. The number of hydrogen-bond acceptors (Lipinski definition) is 3. The van der Waals surface area contributed by atoms with E-state index in [-0.39, 0.29) is 0 Å². The van der Waals surface area contributed by atoms with E-state index in [1.807, 2.05) is 18.2 Å². The molecule has 5 heteroatoms. The van der Waals surface area contributed by atoms with Crippen LogP contribution in [0.1, 0.15) is 19.2 Å². The van der Waals surface area contributed by atoms with Crippen LogP contribution in [0.5, 0.6) is 0 Å². The van der Waals surface area contributed by atoms with Crippen LogP contribution in [0.3, 0.4) is 0 Å². The Balaban J connectivity index is 2.01. The molecule has 1 aromatic carbocycles. The second-order valence-corrected chi connectivity index (χ2v) is 5.51. The summed E-state index contributed by atoms with van der Waals surface area (Å²) in [6.45, 7) is 4.05. The molecule has 0 atom stereocenters. The molecule has 0 spiro atoms. The minimum Gasteiger partial charge on any atom is -0.441 e. The fraction of sp³-hybridized carbons (Fsp3) is 0.357. The first-order valence-electron chi connectivity index (χ1n) is 6.31. The van der Waals surface area contributed by atoms with Gasteiger partial charge in [-0.1, -0.05) is 18.5 Å². The SMILES string of the molecule is CCCNCCc1ncc(-c2ccc(Br)c(Cl)c2)o1. The molecule has 0 fully saturated rings. The van der Waals surface area contributed by atoms with Gasteiger partial charge in [0.2, 0.25) is 0 Å². The number of nitrogens with one attached hydrogen (secondary N) is 1. The predicted octanol–water partition coefficient (Wildman–Crippen LogP) is 4.30. The highest BCUT2D eigenvalue weighted by atomic mass is 79.9. The summed E-state index contributed by atoms with van der Waals surface area (Å²) in [6, 6.07) is 5.73. The molecule has 0 saturated heterocycles. The van der Waals surface area contributed by atoms with E-state index in [9.17, 15) is 0 Å². The maximum Gasteiger partial charge on any atom is 0.196 e. The van der Waals surface area contributed by atoms with Gasteiger partial charge in [-0.15, -0.1) is 0 Å². The molecule has 3 nitrogen and oxygen atoms in total. The number of benzene rings is 1. The molecule has 0 amide bonds. The molecule has 0 aliphatic carbocycles. The lowest BCUT2D eigenvalue weighted by atomic mass is 10.2. The minimum absolute atomic E-state index is 0.667. The fourth-order valence-electron chi connectivity index (χ4n) is 1.71. The van der Waals surface area contributed by atoms with Crippen molar-refractivity contribution in [2.75, 3.05) is 13.1 Å². The van der Waals surface area contributed by atoms with Gasteiger partial charge in [-0.2, -0.15) is 0 Å². The van der Waals surface area contributed by atoms with E-state index in [2.05, 4.69) is 33.2 Å². The van der Waals surface area contributed by atoms with Crippen molar-refractivity contribution in [1.82, 2.24) is 10.3 Å². The summed E-state index contributed by atoms with van der Waals surface area (Å²) in [7, 11) is 0. The molecule has 0 aliphatic rings. The summed E-state index contributed by atoms with van der Waals surface area (Å²) in [5.74, 6) is 1.50. The van der Waals surface area contributed by atoms with Gasteiger partial charge in [0.1, 0.15) is 0 Å². The molecular formula is C14H16BrClN2O. The van der Waals surface area contributed by atoms with Gasteiger partial charge < -0.3 is 9.73 Å². The summed E-state index contributed by atoms with van der Waals surface area (Å²) in [6.07, 6.45) is 3.67. The zero-order valence-corrected chi connectivity index (χ0v) is 13.1. The molecule has 0 radical (unpaired) electrons. The molecule has 1 aromatic heterocycles. The lowest BCUT2D eigenvalue weighted by molar-refractivity contribution is 0.495. The summed E-state index contributed by atoms with van der Waals surface area (Å²) >= 11 is 9.44. The molecule has 0 unspecified atom stereocenters. The Kier molecular flexibility index (Phi) is 5.43. The van der Waals surface area contributed by atoms with Crippen LogP contribution in [0.15, 0.2) is 33.3 Å². The van der Waals surface area contributed by atoms with Crippen LogP contribution < -0.4 is 5.32 Å². The number of oxazole rings is 1. The second kappa shape index (κ2) is 7.08. The van der Waals surface area contributed by atoms with Crippen molar-refractivity contribution in [2.45, 2.75) is 19.8 Å². The highest BCUT2D eigenvalue weighted by Gasteiger charge is 2.08. The van der Waals surface area contributed by atoms with Crippen molar-refractivity contribution in [1.29, 1.82) is 0 Å². The Bertz CT molecular complexity index is 542. The number of hydrogen-bond donors (Lipinski definition) is 1. The summed E-state index contributed by atoms with van der Waals surface area (Å²) < 4.78 is 6.60. The van der Waals surface area contributed by atoms with Crippen LogP contribution >= 0.6 is 27.5 Å². The topological polar surface area (TPSA) is 38.1 Å². The average molecular weight is 344 g/mol. The Morgan fingerprint density at radius 2 is 2.21 bits per heavy atom. The third-order valence-corrected chi connectivity index (χ3v) is 3.93. The monoisotopic (exact) mass is 342 g/mol. The van der Waals surface area contributed by atoms with Gasteiger partial charge >= 0.3 is 0 Å². The maximum absolute atomic E-state index is 6.07. The first kappa shape index (κ1) is 14.6. The quantitative estimate of drug-likeness (QED) is 0.795. The van der Waals surface area contributed by atoms with Crippen molar-refractivity contribution in [3.63, 3.8) is 0 Å². The van der Waals surface area contributed by atoms with E-state index >= 15 is 0 Å². The minimum atomic E-state index is 0.667. The van der Waals surface area contributed by atoms with Crippen molar-refractivity contribution in [3.05, 3.63) is 39.8 Å². The number of halogens is 2. The van der Waals surface area contributed by atoms with E-state index in [1.165, 1.54) is 0 Å². The van der Waals surface area contributed by atoms with Gasteiger partial charge in [0.15, 0.2) is 11.7 Å². The normalized spacial score (nSPS) is 10.9. The van der Waals surface area contributed by atoms with Crippen LogP contribution in [0, 0.1) is 0 Å². The molecule has 19 heavy (non-hydrogen) atoms. The van der Waals surface area contributed by atoms with E-state index < -0.39 is 0 Å². The second-order valence-electron chi connectivity index (χ2n) is 4.25. The molecule has 2 aromatic rings. The fourth-order valence-corrected chi connectivity index (χ4v) is 2.13. The molecule has 0 bridgehead atoms. The zero-order chi connectivity index (χ0) is 13.7. The van der Waals surface area contributed by atoms with Crippen molar-refractivity contribution < 1.29 is 4.42 Å². The Labute approximate surface area is 126 Å². The Hall–Kier alpha value is -0.840. The number of rotatable bonds is 6. The van der Waals surface area contributed by atoms with Crippen LogP contribution in [-0.4, -0.2) is 18.1 Å². The first-order chi connectivity index (χ1) is 9.20. The standard InChI is InChI=1S/C14H16BrClN2O/c1-2-6-17-7-5-14-18-9-13(19-14)10-3-4-11(15)12(16)8-10/h3-4,8-9,17H,2,5-7H2,1H3. The zero-order valence-electron chi connectivity index (χ0n) is 10.7. The van der Waals surface area contributed by atoms with Gasteiger partial charge in [0.25, 0.3) is 0 Å². The van der Waals surface area contributed by atoms with Crippen molar-refractivity contribution >= 4 is 27.5 Å². The van der Waals surface area contributed by atoms with Crippen molar-refractivity contribution in [3.8, 4) is 11.3 Å². The summed E-state index contributed by atoms with van der Waals surface area (Å²) in [4.78, 5) is 4.28. The lowest BCUT2D eigenvalue weighted by Gasteiger charge is -2.00. The van der Waals surface area contributed by atoms with Gasteiger partial charge in [0, 0.05) is 23.0 Å². The van der Waals surface area contributed by atoms with Gasteiger partial charge in [-0.05, 0) is 47.1 Å². The first-order valence-corrected chi connectivity index (χ1v) is 7.48. The third-order valence-electron chi connectivity index (χ3n) is 2.70. The number of aromatic nitrogens is 1. The number of nitrogens with zero attached hydrogens (tertiary/aromatic N) is 1. The van der Waals surface area contributed by atoms with Gasteiger partial charge in [-0.25, -0.2) is 4.98 Å². The van der Waals surface area contributed by atoms with Crippen LogP contribution in [0.25, 0.3) is 11.3 Å². The Morgan fingerprint density at radius 3 is 2.95 bits per heavy atom. The molecule has 1 N–H and O–H groups in total. The maximum atomic E-state index is 6.07. The van der Waals surface area contributed by atoms with Crippen molar-refractivity contribution in [2.24, 2.45) is 0 Å². The average Bonchev–Trinajstić information content (AvgIpc) is 2.87. The highest BCUT2D eigenvalue weighted by Crippen LogP contribution is 2.29. The predicted molar refractivity (Wildman–Crippen MR) is 81.5 cm³/mol. The van der Waals surface area contributed by atoms with E-state index in [0.29, 0.717) is 5.02 Å². The molecule has 0 aliphatic heterocycles. The lowest BCUT2D eigenvalue weighted by Crippen LogP contribution is -2.17.